The van der Waals surface area contributed by atoms with Crippen molar-refractivity contribution in [3.8, 4) is 0 Å². The van der Waals surface area contributed by atoms with E-state index in [1.807, 2.05) is 6.92 Å². The SMILES string of the molecule is CCn1nccc1NC(=O)[C@H](C(=O)Nc1cc(F)c2c(c1)N(C(=O)OC(C)(C)C)CC21CCOCC1)C1CCC(C)CC1. The molecular weight excluding hydrogens is 553 g/mol. The summed E-state index contributed by atoms with van der Waals surface area (Å²) in [4.78, 5) is 42.3. The standard InChI is InChI=1S/C32H44FN5O5/c1-6-38-25(11-14-34-38)36-29(40)26(21-9-7-20(2)8-10-21)28(39)35-22-17-23(33)27-24(18-22)37(30(41)43-31(3,4)5)19-32(27)12-15-42-16-13-32/h11,14,17-18,20-21,26H,6-10,12-13,15-16,19H2,1-5H3,(H,35,39)(H,36,40)/t20?,21?,26-/m0/s1. The van der Waals surface area contributed by atoms with Gasteiger partial charge in [0.05, 0.1) is 11.9 Å². The number of halogens is 1. The number of hydrogen-bond acceptors (Lipinski definition) is 6. The fraction of sp³-hybridized carbons (Fsp3) is 0.625. The minimum Gasteiger partial charge on any atom is -0.443 e. The zero-order valence-electron chi connectivity index (χ0n) is 25.9. The molecule has 0 radical (unpaired) electrons. The summed E-state index contributed by atoms with van der Waals surface area (Å²) in [6.07, 6.45) is 5.52. The van der Waals surface area contributed by atoms with E-state index in [9.17, 15) is 14.4 Å². The van der Waals surface area contributed by atoms with Gasteiger partial charge in [-0.05, 0) is 77.3 Å². The molecule has 11 heteroatoms. The molecule has 2 N–H and O–H groups in total. The van der Waals surface area contributed by atoms with Crippen LogP contribution in [0.25, 0.3) is 0 Å². The number of aromatic nitrogens is 2. The van der Waals surface area contributed by atoms with Gasteiger partial charge in [0.25, 0.3) is 0 Å². The molecule has 2 aliphatic heterocycles. The second-order valence-electron chi connectivity index (χ2n) is 13.3. The van der Waals surface area contributed by atoms with E-state index in [4.69, 9.17) is 9.47 Å². The van der Waals surface area contributed by atoms with Gasteiger partial charge in [0.15, 0.2) is 0 Å². The molecule has 10 nitrogen and oxygen atoms in total. The second-order valence-corrected chi connectivity index (χ2v) is 13.3. The number of carbonyl (C=O) groups excluding carboxylic acids is 3. The Morgan fingerprint density at radius 1 is 1.12 bits per heavy atom. The van der Waals surface area contributed by atoms with Crippen LogP contribution in [-0.4, -0.2) is 53.0 Å². The number of anilines is 3. The molecule has 0 bridgehead atoms. The molecule has 1 saturated carbocycles. The Morgan fingerprint density at radius 2 is 1.79 bits per heavy atom. The molecule has 2 fully saturated rings. The van der Waals surface area contributed by atoms with E-state index in [1.54, 1.807) is 43.8 Å². The Bertz CT molecular complexity index is 1350. The number of fused-ring (bicyclic) bond motifs is 2. The molecule has 2 aromatic rings. The van der Waals surface area contributed by atoms with Crippen molar-refractivity contribution in [2.24, 2.45) is 17.8 Å². The van der Waals surface area contributed by atoms with Crippen LogP contribution in [0.3, 0.4) is 0 Å². The first kappa shape index (κ1) is 31.0. The normalized spacial score (nSPS) is 22.1. The molecule has 234 valence electrons. The first-order valence-corrected chi connectivity index (χ1v) is 15.5. The number of nitrogens with zero attached hydrogens (tertiary/aromatic N) is 3. The molecule has 1 aromatic carbocycles. The van der Waals surface area contributed by atoms with Gasteiger partial charge in [-0.15, -0.1) is 0 Å². The van der Waals surface area contributed by atoms with Crippen molar-refractivity contribution < 1.29 is 28.2 Å². The van der Waals surface area contributed by atoms with Crippen LogP contribution >= 0.6 is 0 Å². The highest BCUT2D eigenvalue weighted by atomic mass is 19.1. The summed E-state index contributed by atoms with van der Waals surface area (Å²) in [7, 11) is 0. The van der Waals surface area contributed by atoms with Gasteiger partial charge in [-0.1, -0.05) is 19.8 Å². The van der Waals surface area contributed by atoms with Crippen molar-refractivity contribution in [1.29, 1.82) is 0 Å². The van der Waals surface area contributed by atoms with Crippen molar-refractivity contribution in [2.45, 2.75) is 90.7 Å². The van der Waals surface area contributed by atoms with E-state index in [2.05, 4.69) is 22.7 Å². The molecule has 1 aliphatic carbocycles. The lowest BCUT2D eigenvalue weighted by atomic mass is 9.75. The topological polar surface area (TPSA) is 115 Å². The molecule has 1 aromatic heterocycles. The predicted octanol–water partition coefficient (Wildman–Crippen LogP) is 5.87. The number of aryl methyl sites for hydroxylation is 1. The quantitative estimate of drug-likeness (QED) is 0.403. The van der Waals surface area contributed by atoms with Gasteiger partial charge in [0.2, 0.25) is 11.8 Å². The van der Waals surface area contributed by atoms with Gasteiger partial charge in [-0.2, -0.15) is 5.10 Å². The number of hydrogen-bond donors (Lipinski definition) is 2. The molecule has 5 rings (SSSR count). The number of benzene rings is 1. The summed E-state index contributed by atoms with van der Waals surface area (Å²) >= 11 is 0. The maximum atomic E-state index is 16.0. The van der Waals surface area contributed by atoms with Crippen molar-refractivity contribution in [2.75, 3.05) is 35.3 Å². The van der Waals surface area contributed by atoms with E-state index < -0.39 is 40.7 Å². The molecule has 3 aliphatic rings. The minimum absolute atomic E-state index is 0.155. The molecule has 3 heterocycles. The van der Waals surface area contributed by atoms with Crippen LogP contribution in [0.1, 0.15) is 78.7 Å². The molecule has 1 atom stereocenters. The highest BCUT2D eigenvalue weighted by Crippen LogP contribution is 2.49. The van der Waals surface area contributed by atoms with Crippen molar-refractivity contribution in [3.63, 3.8) is 0 Å². The first-order valence-electron chi connectivity index (χ1n) is 15.5. The third-order valence-corrected chi connectivity index (χ3v) is 9.05. The molecule has 1 saturated heterocycles. The lowest BCUT2D eigenvalue weighted by Crippen LogP contribution is -2.42. The fourth-order valence-electron chi connectivity index (χ4n) is 6.80. The highest BCUT2D eigenvalue weighted by Gasteiger charge is 2.49. The second kappa shape index (κ2) is 12.3. The lowest BCUT2D eigenvalue weighted by molar-refractivity contribution is -0.132. The number of ether oxygens (including phenoxy) is 2. The summed E-state index contributed by atoms with van der Waals surface area (Å²) in [5.74, 6) is -1.49. The van der Waals surface area contributed by atoms with Gasteiger partial charge in [-0.25, -0.2) is 13.9 Å². The van der Waals surface area contributed by atoms with Crippen LogP contribution < -0.4 is 15.5 Å². The van der Waals surface area contributed by atoms with E-state index in [-0.39, 0.29) is 18.2 Å². The van der Waals surface area contributed by atoms with Crippen molar-refractivity contribution >= 4 is 35.1 Å². The average Bonchev–Trinajstić information content (AvgIpc) is 3.51. The Balaban J connectivity index is 1.45. The maximum Gasteiger partial charge on any atom is 0.414 e. The van der Waals surface area contributed by atoms with Gasteiger partial charge in [-0.3, -0.25) is 14.5 Å². The van der Waals surface area contributed by atoms with Crippen LogP contribution in [0.5, 0.6) is 0 Å². The number of amides is 3. The lowest BCUT2D eigenvalue weighted by Gasteiger charge is -2.34. The molecule has 43 heavy (non-hydrogen) atoms. The molecule has 3 amide bonds. The van der Waals surface area contributed by atoms with Gasteiger partial charge in [0.1, 0.15) is 23.2 Å². The van der Waals surface area contributed by atoms with E-state index in [0.717, 1.165) is 25.7 Å². The van der Waals surface area contributed by atoms with Gasteiger partial charge >= 0.3 is 6.09 Å². The fourth-order valence-corrected chi connectivity index (χ4v) is 6.80. The number of carbonyl (C=O) groups is 3. The van der Waals surface area contributed by atoms with Crippen LogP contribution in [0.4, 0.5) is 26.4 Å². The maximum absolute atomic E-state index is 16.0. The van der Waals surface area contributed by atoms with Crippen molar-refractivity contribution in [3.05, 3.63) is 35.8 Å². The Morgan fingerprint density at radius 3 is 2.44 bits per heavy atom. The zero-order valence-corrected chi connectivity index (χ0v) is 25.9. The minimum atomic E-state index is -0.979. The summed E-state index contributed by atoms with van der Waals surface area (Å²) in [6, 6.07) is 4.64. The van der Waals surface area contributed by atoms with Gasteiger partial charge in [0, 0.05) is 49.0 Å². The Labute approximate surface area is 252 Å². The third kappa shape index (κ3) is 6.56. The third-order valence-electron chi connectivity index (χ3n) is 9.05. The Hall–Kier alpha value is -3.47. The predicted molar refractivity (Wildman–Crippen MR) is 161 cm³/mol. The smallest absolute Gasteiger partial charge is 0.414 e. The van der Waals surface area contributed by atoms with Crippen LogP contribution in [-0.2, 0) is 31.0 Å². The van der Waals surface area contributed by atoms with E-state index in [1.165, 1.54) is 11.0 Å². The summed E-state index contributed by atoms with van der Waals surface area (Å²) in [6.45, 7) is 11.2. The largest absolute Gasteiger partial charge is 0.443 e. The molecule has 1 spiro atoms. The highest BCUT2D eigenvalue weighted by molar-refractivity contribution is 6.11. The van der Waals surface area contributed by atoms with Crippen LogP contribution in [0.2, 0.25) is 0 Å². The van der Waals surface area contributed by atoms with Crippen LogP contribution in [0.15, 0.2) is 24.4 Å². The summed E-state index contributed by atoms with van der Waals surface area (Å²) < 4.78 is 29.0. The van der Waals surface area contributed by atoms with Crippen molar-refractivity contribution in [1.82, 2.24) is 9.78 Å². The molecular formula is C32H44FN5O5. The summed E-state index contributed by atoms with van der Waals surface area (Å²) in [5.41, 5.74) is -0.313. The van der Waals surface area contributed by atoms with Gasteiger partial charge < -0.3 is 20.1 Å². The number of nitrogens with one attached hydrogen (secondary N) is 2. The van der Waals surface area contributed by atoms with E-state index in [0.29, 0.717) is 55.6 Å². The van der Waals surface area contributed by atoms with E-state index >= 15 is 4.39 Å². The zero-order chi connectivity index (χ0) is 30.9. The first-order chi connectivity index (χ1) is 20.4. The summed E-state index contributed by atoms with van der Waals surface area (Å²) in [5, 5.41) is 9.96. The number of rotatable bonds is 6. The monoisotopic (exact) mass is 597 g/mol. The molecule has 0 unspecified atom stereocenters. The Kier molecular flexibility index (Phi) is 8.83. The average molecular weight is 598 g/mol. The van der Waals surface area contributed by atoms with Crippen LogP contribution in [0, 0.1) is 23.6 Å².